The first-order chi connectivity index (χ1) is 4.13. The van der Waals surface area contributed by atoms with Crippen LogP contribution in [0.4, 0.5) is 0 Å². The van der Waals surface area contributed by atoms with Gasteiger partial charge in [-0.1, -0.05) is 23.4 Å². The van der Waals surface area contributed by atoms with Crippen molar-refractivity contribution < 1.29 is 4.79 Å². The zero-order valence-electron chi connectivity index (χ0n) is 6.10. The molecule has 0 rings (SSSR count). The van der Waals surface area contributed by atoms with E-state index in [9.17, 15) is 4.79 Å². The highest BCUT2D eigenvalue weighted by Gasteiger charge is 1.88. The van der Waals surface area contributed by atoms with Gasteiger partial charge in [-0.2, -0.15) is 0 Å². The molecule has 0 spiro atoms. The summed E-state index contributed by atoms with van der Waals surface area (Å²) >= 11 is 1.34. The lowest BCUT2D eigenvalue weighted by molar-refractivity contribution is -0.109. The van der Waals surface area contributed by atoms with Crippen LogP contribution in [0.2, 0.25) is 0 Å². The molecular formula is C7H12OS. The molecule has 2 heteroatoms. The normalized spacial score (nSPS) is 8.78. The van der Waals surface area contributed by atoms with E-state index in [-0.39, 0.29) is 5.12 Å². The molecule has 0 aromatic heterocycles. The zero-order chi connectivity index (χ0) is 7.28. The van der Waals surface area contributed by atoms with Crippen molar-refractivity contribution in [2.75, 3.05) is 5.75 Å². The number of allylic oxidation sites excluding steroid dienone is 1. The van der Waals surface area contributed by atoms with Crippen molar-refractivity contribution in [1.29, 1.82) is 0 Å². The molecule has 9 heavy (non-hydrogen) atoms. The number of carbonyl (C=O) groups excluding carboxylic acids is 1. The van der Waals surface area contributed by atoms with Crippen LogP contribution < -0.4 is 0 Å². The molecule has 0 saturated heterocycles. The van der Waals surface area contributed by atoms with Crippen LogP contribution in [-0.4, -0.2) is 10.9 Å². The third-order valence-corrected chi connectivity index (χ3v) is 1.52. The summed E-state index contributed by atoms with van der Waals surface area (Å²) in [5.74, 6) is 0.817. The van der Waals surface area contributed by atoms with Crippen LogP contribution in [0.5, 0.6) is 0 Å². The first kappa shape index (κ1) is 8.76. The molecular weight excluding hydrogens is 132 g/mol. The molecule has 0 aromatic rings. The molecule has 0 aromatic carbocycles. The lowest BCUT2D eigenvalue weighted by atomic mass is 10.3. The fourth-order valence-corrected chi connectivity index (χ4v) is 0.977. The molecule has 0 N–H and O–H groups in total. The number of rotatable bonds is 2. The minimum absolute atomic E-state index is 0.188. The minimum Gasteiger partial charge on any atom is -0.288 e. The Kier molecular flexibility index (Phi) is 4.50. The maximum absolute atomic E-state index is 10.4. The predicted octanol–water partition coefficient (Wildman–Crippen LogP) is 2.23. The van der Waals surface area contributed by atoms with Crippen LogP contribution in [-0.2, 0) is 4.79 Å². The molecule has 0 atom stereocenters. The fraction of sp³-hybridized carbons (Fsp3) is 0.571. The van der Waals surface area contributed by atoms with Crippen molar-refractivity contribution in [3.8, 4) is 0 Å². The summed E-state index contributed by atoms with van der Waals surface area (Å²) in [5.41, 5.74) is 1.27. The average Bonchev–Trinajstić information content (AvgIpc) is 1.63. The summed E-state index contributed by atoms with van der Waals surface area (Å²) in [6, 6.07) is 0. The van der Waals surface area contributed by atoms with E-state index < -0.39 is 0 Å². The molecule has 0 amide bonds. The predicted molar refractivity (Wildman–Crippen MR) is 42.6 cm³/mol. The Balaban J connectivity index is 3.31. The van der Waals surface area contributed by atoms with Crippen molar-refractivity contribution in [2.24, 2.45) is 0 Å². The van der Waals surface area contributed by atoms with Crippen molar-refractivity contribution in [3.63, 3.8) is 0 Å². The number of thioether (sulfide) groups is 1. The van der Waals surface area contributed by atoms with Gasteiger partial charge in [-0.15, -0.1) is 0 Å². The molecule has 0 radical (unpaired) electrons. The van der Waals surface area contributed by atoms with Gasteiger partial charge >= 0.3 is 0 Å². The van der Waals surface area contributed by atoms with E-state index in [2.05, 4.69) is 0 Å². The van der Waals surface area contributed by atoms with Gasteiger partial charge in [0.25, 0.3) is 0 Å². The number of hydrogen-bond donors (Lipinski definition) is 0. The molecule has 0 aliphatic rings. The Morgan fingerprint density at radius 3 is 2.33 bits per heavy atom. The summed E-state index contributed by atoms with van der Waals surface area (Å²) < 4.78 is 0. The maximum Gasteiger partial charge on any atom is 0.186 e. The van der Waals surface area contributed by atoms with Crippen molar-refractivity contribution >= 4 is 16.9 Å². The van der Waals surface area contributed by atoms with E-state index in [0.29, 0.717) is 0 Å². The zero-order valence-corrected chi connectivity index (χ0v) is 6.92. The second kappa shape index (κ2) is 4.62. The average molecular weight is 144 g/mol. The van der Waals surface area contributed by atoms with Gasteiger partial charge in [-0.05, 0) is 13.8 Å². The van der Waals surface area contributed by atoms with Crippen molar-refractivity contribution in [3.05, 3.63) is 11.6 Å². The monoisotopic (exact) mass is 144 g/mol. The molecule has 0 aliphatic carbocycles. The van der Waals surface area contributed by atoms with Gasteiger partial charge in [0.15, 0.2) is 5.12 Å². The fourth-order valence-electron chi connectivity index (χ4n) is 0.326. The molecule has 0 heterocycles. The van der Waals surface area contributed by atoms with Crippen LogP contribution in [0.25, 0.3) is 0 Å². The van der Waals surface area contributed by atoms with Crippen LogP contribution in [0.15, 0.2) is 11.6 Å². The van der Waals surface area contributed by atoms with Crippen molar-refractivity contribution in [2.45, 2.75) is 20.8 Å². The summed E-state index contributed by atoms with van der Waals surface area (Å²) in [6.45, 7) is 5.64. The second-order valence-corrected chi connectivity index (χ2v) is 3.28. The Hall–Kier alpha value is -0.240. The quantitative estimate of drug-likeness (QED) is 0.553. The summed E-state index contributed by atoms with van der Waals surface area (Å²) in [7, 11) is 0. The molecule has 1 nitrogen and oxygen atoms in total. The minimum atomic E-state index is 0.188. The van der Waals surface area contributed by atoms with E-state index in [0.717, 1.165) is 5.75 Å². The highest BCUT2D eigenvalue weighted by atomic mass is 32.2. The van der Waals surface area contributed by atoms with E-state index in [1.165, 1.54) is 17.3 Å². The van der Waals surface area contributed by atoms with Crippen molar-refractivity contribution in [1.82, 2.24) is 0 Å². The van der Waals surface area contributed by atoms with Gasteiger partial charge in [-0.3, -0.25) is 4.79 Å². The third kappa shape index (κ3) is 7.76. The maximum atomic E-state index is 10.4. The second-order valence-electron chi connectivity index (χ2n) is 2.08. The Labute approximate surface area is 60.5 Å². The van der Waals surface area contributed by atoms with Gasteiger partial charge in [0.2, 0.25) is 0 Å². The van der Waals surface area contributed by atoms with E-state index >= 15 is 0 Å². The Morgan fingerprint density at radius 1 is 1.44 bits per heavy atom. The number of carbonyl (C=O) groups is 1. The van der Waals surface area contributed by atoms with Crippen LogP contribution in [0, 0.1) is 0 Å². The standard InChI is InChI=1S/C7H12OS/c1-6(2)4-5-9-7(3)8/h4H,5H2,1-3H3. The van der Waals surface area contributed by atoms with E-state index in [1.54, 1.807) is 6.92 Å². The van der Waals surface area contributed by atoms with Gasteiger partial charge < -0.3 is 0 Å². The first-order valence-electron chi connectivity index (χ1n) is 2.89. The van der Waals surface area contributed by atoms with Gasteiger partial charge in [0.1, 0.15) is 0 Å². The van der Waals surface area contributed by atoms with Crippen LogP contribution in [0.1, 0.15) is 20.8 Å². The molecule has 0 unspecified atom stereocenters. The van der Waals surface area contributed by atoms with Gasteiger partial charge in [0.05, 0.1) is 0 Å². The van der Waals surface area contributed by atoms with E-state index in [1.807, 2.05) is 19.9 Å². The lowest BCUT2D eigenvalue weighted by Gasteiger charge is -1.89. The molecule has 0 aliphatic heterocycles. The molecule has 52 valence electrons. The molecule has 0 bridgehead atoms. The largest absolute Gasteiger partial charge is 0.288 e. The SMILES string of the molecule is CC(=O)SCC=C(C)C. The summed E-state index contributed by atoms with van der Waals surface area (Å²) in [6.07, 6.45) is 2.05. The Bertz CT molecular complexity index is 123. The highest BCUT2D eigenvalue weighted by Crippen LogP contribution is 2.02. The summed E-state index contributed by atoms with van der Waals surface area (Å²) in [5, 5.41) is 0.188. The van der Waals surface area contributed by atoms with Gasteiger partial charge in [-0.25, -0.2) is 0 Å². The third-order valence-electron chi connectivity index (χ3n) is 0.778. The van der Waals surface area contributed by atoms with Crippen LogP contribution in [0.3, 0.4) is 0 Å². The first-order valence-corrected chi connectivity index (χ1v) is 3.88. The number of hydrogen-bond acceptors (Lipinski definition) is 2. The smallest absolute Gasteiger partial charge is 0.186 e. The lowest BCUT2D eigenvalue weighted by Crippen LogP contribution is -1.81. The highest BCUT2D eigenvalue weighted by molar-refractivity contribution is 8.13. The van der Waals surface area contributed by atoms with Gasteiger partial charge in [0, 0.05) is 12.7 Å². The topological polar surface area (TPSA) is 17.1 Å². The summed E-state index contributed by atoms with van der Waals surface area (Å²) in [4.78, 5) is 10.4. The molecule has 0 fully saturated rings. The Morgan fingerprint density at radius 2 is 2.00 bits per heavy atom. The van der Waals surface area contributed by atoms with Crippen LogP contribution >= 0.6 is 11.8 Å². The molecule has 0 saturated carbocycles. The van der Waals surface area contributed by atoms with E-state index in [4.69, 9.17) is 0 Å².